The standard InChI is InChI=1S/C15H21NO3/c1-11(2)12-4-6-13(7-5-12)14(17)10-16(3)9-8-15(18)19/h4-7,11H,8-10H2,1-3H3,(H,18,19). The first kappa shape index (κ1) is 15.4. The van der Waals surface area contributed by atoms with Gasteiger partial charge in [-0.15, -0.1) is 0 Å². The predicted octanol–water partition coefficient (Wildman–Crippen LogP) is 2.40. The quantitative estimate of drug-likeness (QED) is 0.767. The summed E-state index contributed by atoms with van der Waals surface area (Å²) in [6.07, 6.45) is 0.0517. The molecule has 0 aliphatic heterocycles. The molecule has 19 heavy (non-hydrogen) atoms. The minimum Gasteiger partial charge on any atom is -0.481 e. The highest BCUT2D eigenvalue weighted by Crippen LogP contribution is 2.15. The monoisotopic (exact) mass is 263 g/mol. The summed E-state index contributed by atoms with van der Waals surface area (Å²) < 4.78 is 0. The van der Waals surface area contributed by atoms with Gasteiger partial charge in [0.05, 0.1) is 13.0 Å². The van der Waals surface area contributed by atoms with Crippen LogP contribution in [0.2, 0.25) is 0 Å². The van der Waals surface area contributed by atoms with Crippen molar-refractivity contribution in [2.75, 3.05) is 20.1 Å². The van der Waals surface area contributed by atoms with Crippen molar-refractivity contribution in [1.29, 1.82) is 0 Å². The third-order valence-corrected chi connectivity index (χ3v) is 3.02. The second kappa shape index (κ2) is 7.04. The van der Waals surface area contributed by atoms with Crippen molar-refractivity contribution in [2.45, 2.75) is 26.2 Å². The molecule has 0 aliphatic rings. The SMILES string of the molecule is CC(C)c1ccc(C(=O)CN(C)CCC(=O)O)cc1. The molecular formula is C15H21NO3. The molecule has 0 aromatic heterocycles. The lowest BCUT2D eigenvalue weighted by Crippen LogP contribution is -2.28. The molecule has 0 heterocycles. The maximum atomic E-state index is 12.0. The summed E-state index contributed by atoms with van der Waals surface area (Å²) in [5, 5.41) is 8.58. The summed E-state index contributed by atoms with van der Waals surface area (Å²) >= 11 is 0. The average molecular weight is 263 g/mol. The van der Waals surface area contributed by atoms with E-state index in [0.29, 0.717) is 18.0 Å². The number of hydrogen-bond acceptors (Lipinski definition) is 3. The Hall–Kier alpha value is -1.68. The Morgan fingerprint density at radius 1 is 1.21 bits per heavy atom. The number of carboxylic acid groups (broad SMARTS) is 1. The Bertz CT molecular complexity index is 437. The Morgan fingerprint density at radius 3 is 2.26 bits per heavy atom. The third kappa shape index (κ3) is 5.22. The van der Waals surface area contributed by atoms with E-state index < -0.39 is 5.97 Å². The number of ketones is 1. The number of carbonyl (C=O) groups is 2. The molecule has 4 heteroatoms. The van der Waals surface area contributed by atoms with Crippen molar-refractivity contribution in [1.82, 2.24) is 4.90 Å². The molecule has 1 aromatic rings. The Balaban J connectivity index is 2.55. The normalized spacial score (nSPS) is 11.0. The van der Waals surface area contributed by atoms with Gasteiger partial charge in [0.25, 0.3) is 0 Å². The fourth-order valence-electron chi connectivity index (χ4n) is 1.76. The zero-order chi connectivity index (χ0) is 14.4. The summed E-state index contributed by atoms with van der Waals surface area (Å²) in [5.74, 6) is -0.383. The number of likely N-dealkylation sites (N-methyl/N-ethyl adjacent to an activating group) is 1. The minimum atomic E-state index is -0.847. The van der Waals surface area contributed by atoms with Gasteiger partial charge in [0.15, 0.2) is 5.78 Å². The number of rotatable bonds is 7. The maximum absolute atomic E-state index is 12.0. The van der Waals surface area contributed by atoms with Crippen LogP contribution in [0.5, 0.6) is 0 Å². The van der Waals surface area contributed by atoms with Gasteiger partial charge in [-0.3, -0.25) is 14.5 Å². The highest BCUT2D eigenvalue weighted by Gasteiger charge is 2.10. The first-order valence-corrected chi connectivity index (χ1v) is 6.43. The van der Waals surface area contributed by atoms with Gasteiger partial charge in [-0.2, -0.15) is 0 Å². The fraction of sp³-hybridized carbons (Fsp3) is 0.467. The molecule has 0 aliphatic carbocycles. The number of benzene rings is 1. The predicted molar refractivity (Wildman–Crippen MR) is 74.6 cm³/mol. The van der Waals surface area contributed by atoms with Crippen LogP contribution in [0.15, 0.2) is 24.3 Å². The first-order chi connectivity index (χ1) is 8.90. The summed E-state index contributed by atoms with van der Waals surface area (Å²) in [5.41, 5.74) is 1.88. The lowest BCUT2D eigenvalue weighted by molar-refractivity contribution is -0.137. The van der Waals surface area contributed by atoms with Gasteiger partial charge in [-0.25, -0.2) is 0 Å². The van der Waals surface area contributed by atoms with Crippen LogP contribution in [0.3, 0.4) is 0 Å². The summed E-state index contributed by atoms with van der Waals surface area (Å²) in [4.78, 5) is 24.2. The largest absolute Gasteiger partial charge is 0.481 e. The lowest BCUT2D eigenvalue weighted by atomic mass is 10.0. The van der Waals surface area contributed by atoms with Crippen molar-refractivity contribution in [3.8, 4) is 0 Å². The molecule has 4 nitrogen and oxygen atoms in total. The van der Waals surface area contributed by atoms with Crippen LogP contribution in [0, 0.1) is 0 Å². The van der Waals surface area contributed by atoms with E-state index in [1.807, 2.05) is 24.3 Å². The van der Waals surface area contributed by atoms with Crippen molar-refractivity contribution in [2.24, 2.45) is 0 Å². The van der Waals surface area contributed by atoms with Gasteiger partial charge >= 0.3 is 5.97 Å². The molecule has 0 radical (unpaired) electrons. The molecule has 0 unspecified atom stereocenters. The van der Waals surface area contributed by atoms with Crippen molar-refractivity contribution < 1.29 is 14.7 Å². The minimum absolute atomic E-state index is 0.0168. The van der Waals surface area contributed by atoms with Crippen LogP contribution in [-0.2, 0) is 4.79 Å². The molecular weight excluding hydrogens is 242 g/mol. The van der Waals surface area contributed by atoms with Gasteiger partial charge in [-0.1, -0.05) is 38.1 Å². The molecule has 1 aromatic carbocycles. The number of nitrogens with zero attached hydrogens (tertiary/aromatic N) is 1. The van der Waals surface area contributed by atoms with Gasteiger partial charge in [-0.05, 0) is 18.5 Å². The van der Waals surface area contributed by atoms with E-state index in [0.717, 1.165) is 0 Å². The number of aliphatic carboxylic acids is 1. The van der Waals surface area contributed by atoms with Crippen molar-refractivity contribution >= 4 is 11.8 Å². The van der Waals surface area contributed by atoms with E-state index in [1.165, 1.54) is 5.56 Å². The zero-order valence-corrected chi connectivity index (χ0v) is 11.7. The molecule has 1 rings (SSSR count). The van der Waals surface area contributed by atoms with Gasteiger partial charge in [0.1, 0.15) is 0 Å². The fourth-order valence-corrected chi connectivity index (χ4v) is 1.76. The second-order valence-electron chi connectivity index (χ2n) is 5.08. The molecule has 104 valence electrons. The first-order valence-electron chi connectivity index (χ1n) is 6.43. The molecule has 0 saturated carbocycles. The molecule has 0 saturated heterocycles. The van der Waals surface area contributed by atoms with Gasteiger partial charge in [0, 0.05) is 12.1 Å². The molecule has 0 spiro atoms. The average Bonchev–Trinajstić information content (AvgIpc) is 2.36. The molecule has 0 bridgehead atoms. The van der Waals surface area contributed by atoms with Crippen LogP contribution in [0.1, 0.15) is 42.1 Å². The summed E-state index contributed by atoms with van der Waals surface area (Å²) in [6, 6.07) is 7.61. The van der Waals surface area contributed by atoms with E-state index in [2.05, 4.69) is 13.8 Å². The topological polar surface area (TPSA) is 57.6 Å². The molecule has 1 N–H and O–H groups in total. The van der Waals surface area contributed by atoms with E-state index >= 15 is 0 Å². The maximum Gasteiger partial charge on any atom is 0.304 e. The van der Waals surface area contributed by atoms with Gasteiger partial charge in [0.2, 0.25) is 0 Å². The Kier molecular flexibility index (Phi) is 5.70. The molecule has 0 amide bonds. The van der Waals surface area contributed by atoms with E-state index in [-0.39, 0.29) is 18.7 Å². The number of carbonyl (C=O) groups excluding carboxylic acids is 1. The van der Waals surface area contributed by atoms with E-state index in [4.69, 9.17) is 5.11 Å². The summed E-state index contributed by atoms with van der Waals surface area (Å²) in [7, 11) is 1.75. The Morgan fingerprint density at radius 2 is 1.79 bits per heavy atom. The Labute approximate surface area is 114 Å². The third-order valence-electron chi connectivity index (χ3n) is 3.02. The van der Waals surface area contributed by atoms with Crippen molar-refractivity contribution in [3.63, 3.8) is 0 Å². The number of carboxylic acids is 1. The molecule has 0 fully saturated rings. The zero-order valence-electron chi connectivity index (χ0n) is 11.7. The smallest absolute Gasteiger partial charge is 0.304 e. The second-order valence-corrected chi connectivity index (χ2v) is 5.08. The van der Waals surface area contributed by atoms with Crippen LogP contribution in [-0.4, -0.2) is 41.9 Å². The van der Waals surface area contributed by atoms with E-state index in [9.17, 15) is 9.59 Å². The highest BCUT2D eigenvalue weighted by molar-refractivity contribution is 5.97. The van der Waals surface area contributed by atoms with Crippen LogP contribution >= 0.6 is 0 Å². The number of Topliss-reactive ketones (excluding diaryl/α,β-unsaturated/α-hetero) is 1. The summed E-state index contributed by atoms with van der Waals surface area (Å²) in [6.45, 7) is 4.84. The van der Waals surface area contributed by atoms with Gasteiger partial charge < -0.3 is 5.11 Å². The highest BCUT2D eigenvalue weighted by atomic mass is 16.4. The lowest BCUT2D eigenvalue weighted by Gasteiger charge is -2.14. The molecule has 0 atom stereocenters. The van der Waals surface area contributed by atoms with Crippen LogP contribution in [0.25, 0.3) is 0 Å². The van der Waals surface area contributed by atoms with E-state index in [1.54, 1.807) is 11.9 Å². The van der Waals surface area contributed by atoms with Crippen LogP contribution in [0.4, 0.5) is 0 Å². The van der Waals surface area contributed by atoms with Crippen molar-refractivity contribution in [3.05, 3.63) is 35.4 Å². The van der Waals surface area contributed by atoms with Crippen LogP contribution < -0.4 is 0 Å². The number of hydrogen-bond donors (Lipinski definition) is 1.